The monoisotopic (exact) mass is 454 g/mol. The van der Waals surface area contributed by atoms with Crippen molar-refractivity contribution in [1.29, 1.82) is 0 Å². The molecule has 6 nitrogen and oxygen atoms in total. The first-order valence-electron chi connectivity index (χ1n) is 8.44. The number of anilines is 3. The third-order valence-corrected chi connectivity index (χ3v) is 4.73. The number of thiazole rings is 1. The van der Waals surface area contributed by atoms with Crippen molar-refractivity contribution in [3.63, 3.8) is 0 Å². The molecule has 0 spiro atoms. The van der Waals surface area contributed by atoms with Gasteiger partial charge >= 0.3 is 12.2 Å². The Morgan fingerprint density at radius 3 is 2.40 bits per heavy atom. The number of benzene rings is 2. The first kappa shape index (κ1) is 21.6. The lowest BCUT2D eigenvalue weighted by molar-refractivity contribution is -0.137. The third-order valence-electron chi connectivity index (χ3n) is 3.69. The van der Waals surface area contributed by atoms with Gasteiger partial charge in [0.1, 0.15) is 0 Å². The third kappa shape index (κ3) is 6.19. The average Bonchev–Trinajstić information content (AvgIpc) is 3.07. The number of alkyl halides is 3. The van der Waals surface area contributed by atoms with E-state index >= 15 is 0 Å². The zero-order chi connectivity index (χ0) is 21.7. The number of carbonyl (C=O) groups excluding carboxylic acids is 2. The molecule has 0 aliphatic rings. The molecule has 156 valence electrons. The number of hydrogen-bond donors (Lipinski definition) is 3. The van der Waals surface area contributed by atoms with Crippen molar-refractivity contribution in [3.8, 4) is 0 Å². The minimum absolute atomic E-state index is 0.102. The van der Waals surface area contributed by atoms with Crippen LogP contribution in [0.2, 0.25) is 5.02 Å². The molecule has 30 heavy (non-hydrogen) atoms. The molecule has 11 heteroatoms. The number of amides is 3. The number of carbonyl (C=O) groups is 2. The van der Waals surface area contributed by atoms with E-state index in [2.05, 4.69) is 20.9 Å². The fourth-order valence-corrected chi connectivity index (χ4v) is 3.28. The van der Waals surface area contributed by atoms with E-state index in [0.29, 0.717) is 16.4 Å². The summed E-state index contributed by atoms with van der Waals surface area (Å²) in [5.74, 6) is -0.449. The van der Waals surface area contributed by atoms with Gasteiger partial charge in [-0.05, 0) is 42.5 Å². The Hall–Kier alpha value is -3.11. The van der Waals surface area contributed by atoms with E-state index in [1.807, 2.05) is 0 Å². The second kappa shape index (κ2) is 9.14. The van der Waals surface area contributed by atoms with Crippen molar-refractivity contribution >= 4 is 51.4 Å². The molecule has 2 aromatic carbocycles. The van der Waals surface area contributed by atoms with Crippen LogP contribution < -0.4 is 16.0 Å². The van der Waals surface area contributed by atoms with Crippen molar-refractivity contribution in [3.05, 3.63) is 70.2 Å². The number of urea groups is 1. The predicted molar refractivity (Wildman–Crippen MR) is 110 cm³/mol. The van der Waals surface area contributed by atoms with E-state index in [1.54, 1.807) is 29.6 Å². The highest BCUT2D eigenvalue weighted by molar-refractivity contribution is 7.14. The summed E-state index contributed by atoms with van der Waals surface area (Å²) < 4.78 is 37.7. The number of halogens is 4. The van der Waals surface area contributed by atoms with Crippen LogP contribution in [0.4, 0.5) is 34.5 Å². The van der Waals surface area contributed by atoms with Crippen LogP contribution in [0.25, 0.3) is 0 Å². The normalized spacial score (nSPS) is 11.1. The van der Waals surface area contributed by atoms with Crippen LogP contribution in [0.5, 0.6) is 0 Å². The molecule has 0 unspecified atom stereocenters. The quantitative estimate of drug-likeness (QED) is 0.466. The van der Waals surface area contributed by atoms with Crippen LogP contribution in [0, 0.1) is 0 Å². The SMILES string of the molecule is O=C(Cc1csc(NC(=O)Nc2cccc(Cl)c2)n1)Nc1ccc(C(F)(F)F)cc1. The van der Waals surface area contributed by atoms with Crippen molar-refractivity contribution in [2.24, 2.45) is 0 Å². The van der Waals surface area contributed by atoms with E-state index in [9.17, 15) is 22.8 Å². The molecule has 0 atom stereocenters. The Morgan fingerprint density at radius 1 is 1.00 bits per heavy atom. The fourth-order valence-electron chi connectivity index (χ4n) is 2.38. The maximum Gasteiger partial charge on any atom is 0.416 e. The Bertz CT molecular complexity index is 1050. The van der Waals surface area contributed by atoms with Crippen LogP contribution in [0.15, 0.2) is 53.9 Å². The maximum absolute atomic E-state index is 12.6. The number of hydrogen-bond acceptors (Lipinski definition) is 4. The van der Waals surface area contributed by atoms with Gasteiger partial charge in [-0.25, -0.2) is 9.78 Å². The summed E-state index contributed by atoms with van der Waals surface area (Å²) in [6, 6.07) is 10.2. The molecule has 0 radical (unpaired) electrons. The lowest BCUT2D eigenvalue weighted by atomic mass is 10.2. The molecular weight excluding hydrogens is 441 g/mol. The molecule has 0 aliphatic heterocycles. The molecule has 0 bridgehead atoms. The number of nitrogens with zero attached hydrogens (tertiary/aromatic N) is 1. The second-order valence-corrected chi connectivity index (χ2v) is 7.33. The first-order valence-corrected chi connectivity index (χ1v) is 9.70. The van der Waals surface area contributed by atoms with Crippen molar-refractivity contribution in [2.45, 2.75) is 12.6 Å². The molecule has 3 N–H and O–H groups in total. The van der Waals surface area contributed by atoms with Gasteiger partial charge in [0.05, 0.1) is 17.7 Å². The van der Waals surface area contributed by atoms with Crippen molar-refractivity contribution in [1.82, 2.24) is 4.98 Å². The molecular formula is C19H14ClF3N4O2S. The first-order chi connectivity index (χ1) is 14.2. The highest BCUT2D eigenvalue weighted by atomic mass is 35.5. The van der Waals surface area contributed by atoms with Crippen molar-refractivity contribution < 1.29 is 22.8 Å². The number of aromatic nitrogens is 1. The van der Waals surface area contributed by atoms with Gasteiger partial charge in [-0.1, -0.05) is 17.7 Å². The summed E-state index contributed by atoms with van der Waals surface area (Å²) in [6.07, 6.45) is -4.54. The van der Waals surface area contributed by atoms with Crippen LogP contribution in [0.3, 0.4) is 0 Å². The predicted octanol–water partition coefficient (Wildman–Crippen LogP) is 5.64. The van der Waals surface area contributed by atoms with Crippen LogP contribution in [-0.2, 0) is 17.4 Å². The molecule has 3 aromatic rings. The topological polar surface area (TPSA) is 83.1 Å². The number of nitrogens with one attached hydrogen (secondary N) is 3. The highest BCUT2D eigenvalue weighted by Crippen LogP contribution is 2.29. The lowest BCUT2D eigenvalue weighted by Crippen LogP contribution is -2.19. The minimum atomic E-state index is -4.44. The summed E-state index contributed by atoms with van der Waals surface area (Å²) in [6.45, 7) is 0. The minimum Gasteiger partial charge on any atom is -0.326 e. The van der Waals surface area contributed by atoms with Crippen molar-refractivity contribution in [2.75, 3.05) is 16.0 Å². The van der Waals surface area contributed by atoms with Gasteiger partial charge in [0.2, 0.25) is 5.91 Å². The van der Waals surface area contributed by atoms with Gasteiger partial charge in [0, 0.05) is 21.8 Å². The van der Waals surface area contributed by atoms with E-state index in [4.69, 9.17) is 11.6 Å². The highest BCUT2D eigenvalue weighted by Gasteiger charge is 2.30. The average molecular weight is 455 g/mol. The zero-order valence-corrected chi connectivity index (χ0v) is 16.7. The molecule has 1 aromatic heterocycles. The summed E-state index contributed by atoms with van der Waals surface area (Å²) in [5.41, 5.74) is 0.351. The smallest absolute Gasteiger partial charge is 0.326 e. The molecule has 0 aliphatic carbocycles. The second-order valence-electron chi connectivity index (χ2n) is 6.03. The van der Waals surface area contributed by atoms with Gasteiger partial charge in [-0.15, -0.1) is 11.3 Å². The van der Waals surface area contributed by atoms with Crippen LogP contribution >= 0.6 is 22.9 Å². The molecule has 3 amide bonds. The summed E-state index contributed by atoms with van der Waals surface area (Å²) in [7, 11) is 0. The van der Waals surface area contributed by atoms with E-state index < -0.39 is 23.7 Å². The zero-order valence-electron chi connectivity index (χ0n) is 15.1. The van der Waals surface area contributed by atoms with Gasteiger partial charge < -0.3 is 10.6 Å². The summed E-state index contributed by atoms with van der Waals surface area (Å²) in [4.78, 5) is 28.2. The Morgan fingerprint density at radius 2 is 1.73 bits per heavy atom. The lowest BCUT2D eigenvalue weighted by Gasteiger charge is -2.08. The van der Waals surface area contributed by atoms with E-state index in [1.165, 1.54) is 12.1 Å². The molecule has 0 saturated carbocycles. The molecule has 0 fully saturated rings. The van der Waals surface area contributed by atoms with E-state index in [0.717, 1.165) is 23.5 Å². The number of rotatable bonds is 5. The van der Waals surface area contributed by atoms with Gasteiger partial charge in [-0.2, -0.15) is 13.2 Å². The molecule has 0 saturated heterocycles. The molecule has 3 rings (SSSR count). The fraction of sp³-hybridized carbons (Fsp3) is 0.105. The molecule has 1 heterocycles. The van der Waals surface area contributed by atoms with Gasteiger partial charge in [0.15, 0.2) is 5.13 Å². The van der Waals surface area contributed by atoms with Gasteiger partial charge in [0.25, 0.3) is 0 Å². The Labute approximate surface area is 178 Å². The maximum atomic E-state index is 12.6. The Balaban J connectivity index is 1.52. The summed E-state index contributed by atoms with van der Waals surface area (Å²) >= 11 is 6.99. The van der Waals surface area contributed by atoms with Crippen LogP contribution in [0.1, 0.15) is 11.3 Å². The van der Waals surface area contributed by atoms with E-state index in [-0.39, 0.29) is 17.2 Å². The largest absolute Gasteiger partial charge is 0.416 e. The van der Waals surface area contributed by atoms with Gasteiger partial charge in [-0.3, -0.25) is 10.1 Å². The summed E-state index contributed by atoms with van der Waals surface area (Å²) in [5, 5.41) is 10.0. The Kier molecular flexibility index (Phi) is 6.58. The standard InChI is InChI=1S/C19H14ClF3N4O2S/c20-12-2-1-3-14(8-12)25-17(29)27-18-26-15(10-30-18)9-16(28)24-13-6-4-11(5-7-13)19(21,22)23/h1-8,10H,9H2,(H,24,28)(H2,25,26,27,29). The van der Waals surface area contributed by atoms with Crippen LogP contribution in [-0.4, -0.2) is 16.9 Å².